The van der Waals surface area contributed by atoms with Crippen molar-refractivity contribution in [2.75, 3.05) is 26.2 Å². The minimum absolute atomic E-state index is 0.00716. The number of nitro groups is 1. The van der Waals surface area contributed by atoms with Gasteiger partial charge in [0.25, 0.3) is 0 Å². The van der Waals surface area contributed by atoms with E-state index in [1.807, 2.05) is 11.0 Å². The zero-order chi connectivity index (χ0) is 19.4. The summed E-state index contributed by atoms with van der Waals surface area (Å²) >= 11 is 0. The van der Waals surface area contributed by atoms with Crippen molar-refractivity contribution >= 4 is 11.6 Å². The molecule has 0 spiro atoms. The van der Waals surface area contributed by atoms with E-state index in [1.165, 1.54) is 22.0 Å². The Bertz CT molecular complexity index is 825. The molecule has 0 radical (unpaired) electrons. The molecule has 1 aliphatic rings. The third kappa shape index (κ3) is 4.71. The molecule has 0 N–H and O–H groups in total. The zero-order valence-corrected chi connectivity index (χ0v) is 15.8. The summed E-state index contributed by atoms with van der Waals surface area (Å²) < 4.78 is 1.49. The van der Waals surface area contributed by atoms with Gasteiger partial charge in [0.1, 0.15) is 11.9 Å². The monoisotopic (exact) mass is 371 g/mol. The lowest BCUT2D eigenvalue weighted by atomic mass is 10.1. The number of nitrogens with zero attached hydrogens (tertiary/aromatic N) is 5. The maximum absolute atomic E-state index is 12.4. The summed E-state index contributed by atoms with van der Waals surface area (Å²) in [7, 11) is 0. The quantitative estimate of drug-likeness (QED) is 0.574. The fourth-order valence-corrected chi connectivity index (χ4v) is 3.35. The number of carbonyl (C=O) groups excluding carboxylic acids is 1. The first-order valence-corrected chi connectivity index (χ1v) is 9.17. The molecule has 1 aromatic heterocycles. The fourth-order valence-electron chi connectivity index (χ4n) is 3.35. The molecule has 2 aromatic rings. The van der Waals surface area contributed by atoms with E-state index in [0.717, 1.165) is 19.6 Å². The van der Waals surface area contributed by atoms with E-state index in [2.05, 4.69) is 35.1 Å². The second kappa shape index (κ2) is 8.30. The number of rotatable bonds is 6. The Morgan fingerprint density at radius 2 is 1.89 bits per heavy atom. The number of benzene rings is 1. The first-order valence-electron chi connectivity index (χ1n) is 9.17. The van der Waals surface area contributed by atoms with E-state index in [4.69, 9.17) is 0 Å². The molecule has 1 aromatic carbocycles. The summed E-state index contributed by atoms with van der Waals surface area (Å²) in [6.07, 6.45) is 1.69. The number of piperazine rings is 1. The molecule has 0 unspecified atom stereocenters. The topological polar surface area (TPSA) is 84.5 Å². The first-order chi connectivity index (χ1) is 12.9. The van der Waals surface area contributed by atoms with Crippen LogP contribution in [0.5, 0.6) is 0 Å². The molecule has 1 amide bonds. The molecule has 2 heterocycles. The molecule has 8 nitrogen and oxygen atoms in total. The van der Waals surface area contributed by atoms with Gasteiger partial charge >= 0.3 is 5.69 Å². The fraction of sp³-hybridized carbons (Fsp3) is 0.474. The van der Waals surface area contributed by atoms with Gasteiger partial charge in [-0.1, -0.05) is 24.3 Å². The van der Waals surface area contributed by atoms with E-state index >= 15 is 0 Å². The van der Waals surface area contributed by atoms with Gasteiger partial charge in [0.05, 0.1) is 4.92 Å². The van der Waals surface area contributed by atoms with Crippen molar-refractivity contribution in [1.29, 1.82) is 0 Å². The Morgan fingerprint density at radius 3 is 2.52 bits per heavy atom. The van der Waals surface area contributed by atoms with Crippen LogP contribution in [0.15, 0.2) is 30.5 Å². The van der Waals surface area contributed by atoms with E-state index < -0.39 is 4.92 Å². The molecule has 144 valence electrons. The smallest absolute Gasteiger partial charge is 0.309 e. The van der Waals surface area contributed by atoms with E-state index in [1.54, 1.807) is 6.92 Å². The van der Waals surface area contributed by atoms with Crippen LogP contribution in [0.2, 0.25) is 0 Å². The Labute approximate surface area is 158 Å². The van der Waals surface area contributed by atoms with Crippen LogP contribution >= 0.6 is 0 Å². The van der Waals surface area contributed by atoms with Gasteiger partial charge < -0.3 is 4.90 Å². The Hall–Kier alpha value is -2.74. The third-order valence-electron chi connectivity index (χ3n) is 5.05. The lowest BCUT2D eigenvalue weighted by Crippen LogP contribution is -2.48. The number of hydrogen-bond donors (Lipinski definition) is 0. The van der Waals surface area contributed by atoms with Gasteiger partial charge in [-0.15, -0.1) is 0 Å². The van der Waals surface area contributed by atoms with Crippen molar-refractivity contribution in [1.82, 2.24) is 19.6 Å². The molecule has 1 aliphatic heterocycles. The van der Waals surface area contributed by atoms with Crippen LogP contribution in [0, 0.1) is 24.0 Å². The molecule has 8 heteroatoms. The molecule has 0 bridgehead atoms. The molecule has 0 atom stereocenters. The first kappa shape index (κ1) is 19.0. The maximum atomic E-state index is 12.4. The lowest BCUT2D eigenvalue weighted by molar-refractivity contribution is -0.385. The number of hydrogen-bond acceptors (Lipinski definition) is 5. The number of aromatic nitrogens is 2. The minimum Gasteiger partial charge on any atom is -0.340 e. The van der Waals surface area contributed by atoms with Gasteiger partial charge in [-0.25, -0.2) is 0 Å². The number of aryl methyl sites for hydroxylation is 3. The van der Waals surface area contributed by atoms with Crippen molar-refractivity contribution < 1.29 is 9.72 Å². The van der Waals surface area contributed by atoms with Crippen molar-refractivity contribution in [2.24, 2.45) is 0 Å². The standard InChI is InChI=1S/C19H25N5O3/c1-15-5-3-4-6-17(15)13-21-9-11-22(12-10-21)19(25)7-8-23-14-18(24(26)27)16(2)20-23/h3-6,14H,7-13H2,1-2H3. The van der Waals surface area contributed by atoms with Crippen molar-refractivity contribution in [3.8, 4) is 0 Å². The van der Waals surface area contributed by atoms with Gasteiger partial charge in [-0.2, -0.15) is 5.10 Å². The number of amides is 1. The lowest BCUT2D eigenvalue weighted by Gasteiger charge is -2.35. The highest BCUT2D eigenvalue weighted by atomic mass is 16.6. The SMILES string of the molecule is Cc1ccccc1CN1CCN(C(=O)CCn2cc([N+](=O)[O-])c(C)n2)CC1. The van der Waals surface area contributed by atoms with Crippen LogP contribution in [0.25, 0.3) is 0 Å². The highest BCUT2D eigenvalue weighted by molar-refractivity contribution is 5.76. The molecule has 1 saturated heterocycles. The van der Waals surface area contributed by atoms with Crippen LogP contribution in [0.3, 0.4) is 0 Å². The number of carbonyl (C=O) groups is 1. The normalized spacial score (nSPS) is 15.1. The summed E-state index contributed by atoms with van der Waals surface area (Å²) in [4.78, 5) is 27.1. The highest BCUT2D eigenvalue weighted by Crippen LogP contribution is 2.16. The van der Waals surface area contributed by atoms with Crippen LogP contribution in [-0.4, -0.2) is 56.6 Å². The van der Waals surface area contributed by atoms with Gasteiger partial charge in [0.2, 0.25) is 5.91 Å². The predicted molar refractivity (Wildman–Crippen MR) is 101 cm³/mol. The summed E-state index contributed by atoms with van der Waals surface area (Å²) in [5.41, 5.74) is 2.98. The molecule has 0 saturated carbocycles. The summed E-state index contributed by atoms with van der Waals surface area (Å²) in [5.74, 6) is 0.0707. The van der Waals surface area contributed by atoms with Crippen LogP contribution in [-0.2, 0) is 17.9 Å². The Balaban J connectivity index is 1.46. The summed E-state index contributed by atoms with van der Waals surface area (Å²) in [5, 5.41) is 15.0. The summed E-state index contributed by atoms with van der Waals surface area (Å²) in [6, 6.07) is 8.38. The second-order valence-corrected chi connectivity index (χ2v) is 6.95. The van der Waals surface area contributed by atoms with Crippen LogP contribution in [0.4, 0.5) is 5.69 Å². The molecule has 0 aliphatic carbocycles. The molecule has 3 rings (SSSR count). The third-order valence-corrected chi connectivity index (χ3v) is 5.05. The van der Waals surface area contributed by atoms with Crippen molar-refractivity contribution in [3.63, 3.8) is 0 Å². The molecular formula is C19H25N5O3. The average molecular weight is 371 g/mol. The molecule has 1 fully saturated rings. The average Bonchev–Trinajstić information content (AvgIpc) is 3.03. The highest BCUT2D eigenvalue weighted by Gasteiger charge is 2.22. The van der Waals surface area contributed by atoms with Crippen molar-refractivity contribution in [2.45, 2.75) is 33.4 Å². The van der Waals surface area contributed by atoms with E-state index in [-0.39, 0.29) is 11.6 Å². The minimum atomic E-state index is -0.450. The molecule has 27 heavy (non-hydrogen) atoms. The van der Waals surface area contributed by atoms with Gasteiger partial charge in [0.15, 0.2) is 0 Å². The largest absolute Gasteiger partial charge is 0.340 e. The molecular weight excluding hydrogens is 346 g/mol. The summed E-state index contributed by atoms with van der Waals surface area (Å²) in [6.45, 7) is 8.12. The van der Waals surface area contributed by atoms with Gasteiger partial charge in [0, 0.05) is 45.7 Å². The van der Waals surface area contributed by atoms with Crippen molar-refractivity contribution in [3.05, 3.63) is 57.4 Å². The van der Waals surface area contributed by atoms with E-state index in [0.29, 0.717) is 31.7 Å². The Kier molecular flexibility index (Phi) is 5.85. The predicted octanol–water partition coefficient (Wildman–Crippen LogP) is 2.14. The maximum Gasteiger partial charge on any atom is 0.309 e. The van der Waals surface area contributed by atoms with Crippen LogP contribution < -0.4 is 0 Å². The van der Waals surface area contributed by atoms with E-state index in [9.17, 15) is 14.9 Å². The zero-order valence-electron chi connectivity index (χ0n) is 15.8. The second-order valence-electron chi connectivity index (χ2n) is 6.95. The van der Waals surface area contributed by atoms with Crippen LogP contribution in [0.1, 0.15) is 23.2 Å². The Morgan fingerprint density at radius 1 is 1.19 bits per heavy atom. The van der Waals surface area contributed by atoms with Gasteiger partial charge in [-0.05, 0) is 25.0 Å². The van der Waals surface area contributed by atoms with Gasteiger partial charge in [-0.3, -0.25) is 24.5 Å².